The maximum absolute atomic E-state index is 12.2. The second-order valence-corrected chi connectivity index (χ2v) is 7.57. The van der Waals surface area contributed by atoms with Crippen molar-refractivity contribution in [1.29, 1.82) is 0 Å². The van der Waals surface area contributed by atoms with Crippen LogP contribution in [0.4, 0.5) is 0 Å². The lowest BCUT2D eigenvalue weighted by molar-refractivity contribution is -0.125. The molecule has 2 aromatic carbocycles. The van der Waals surface area contributed by atoms with Gasteiger partial charge in [-0.1, -0.05) is 60.3 Å². The van der Waals surface area contributed by atoms with E-state index in [0.29, 0.717) is 11.0 Å². The average Bonchev–Trinajstić information content (AvgIpc) is 3.15. The van der Waals surface area contributed by atoms with Gasteiger partial charge in [0.15, 0.2) is 11.0 Å². The van der Waals surface area contributed by atoms with E-state index in [1.54, 1.807) is 0 Å². The zero-order valence-electron chi connectivity index (χ0n) is 16.3. The van der Waals surface area contributed by atoms with Crippen LogP contribution in [0.15, 0.2) is 65.8 Å². The van der Waals surface area contributed by atoms with Gasteiger partial charge in [0, 0.05) is 17.3 Å². The Hall–Kier alpha value is -3.13. The van der Waals surface area contributed by atoms with Crippen LogP contribution in [-0.4, -0.2) is 44.9 Å². The zero-order valence-corrected chi connectivity index (χ0v) is 17.1. The largest absolute Gasteiger partial charge is 0.352 e. The standard InChI is InChI=1S/C21H23N5O2S/c1-15(2)23-18(27)13-22-19(28)14-29-21-25-24-20(16-9-5-3-6-10-16)26(21)17-11-7-4-8-12-17/h3-12,15H,13-14H2,1-2H3,(H,22,28)(H,23,27). The third kappa shape index (κ3) is 5.68. The van der Waals surface area contributed by atoms with Gasteiger partial charge < -0.3 is 10.6 Å². The Morgan fingerprint density at radius 2 is 1.62 bits per heavy atom. The summed E-state index contributed by atoms with van der Waals surface area (Å²) >= 11 is 1.28. The van der Waals surface area contributed by atoms with Gasteiger partial charge in [0.1, 0.15) is 0 Å². The number of thioether (sulfide) groups is 1. The average molecular weight is 410 g/mol. The van der Waals surface area contributed by atoms with E-state index in [0.717, 1.165) is 11.3 Å². The maximum atomic E-state index is 12.2. The minimum Gasteiger partial charge on any atom is -0.352 e. The molecule has 0 atom stereocenters. The highest BCUT2D eigenvalue weighted by atomic mass is 32.2. The molecule has 2 amide bonds. The van der Waals surface area contributed by atoms with Crippen molar-refractivity contribution in [2.45, 2.75) is 25.0 Å². The lowest BCUT2D eigenvalue weighted by atomic mass is 10.2. The fourth-order valence-electron chi connectivity index (χ4n) is 2.68. The van der Waals surface area contributed by atoms with Crippen LogP contribution in [0.2, 0.25) is 0 Å². The first kappa shape index (κ1) is 20.6. The van der Waals surface area contributed by atoms with Crippen molar-refractivity contribution in [3.63, 3.8) is 0 Å². The third-order valence-electron chi connectivity index (χ3n) is 3.91. The number of rotatable bonds is 8. The molecule has 0 saturated heterocycles. The van der Waals surface area contributed by atoms with Gasteiger partial charge in [-0.2, -0.15) is 0 Å². The summed E-state index contributed by atoms with van der Waals surface area (Å²) in [5.41, 5.74) is 1.85. The molecular formula is C21H23N5O2S. The Morgan fingerprint density at radius 3 is 2.28 bits per heavy atom. The number of carbonyl (C=O) groups is 2. The first-order chi connectivity index (χ1) is 14.0. The number of amides is 2. The van der Waals surface area contributed by atoms with Crippen LogP contribution >= 0.6 is 11.8 Å². The second kappa shape index (κ2) is 9.88. The Morgan fingerprint density at radius 1 is 0.966 bits per heavy atom. The first-order valence-corrected chi connectivity index (χ1v) is 10.3. The van der Waals surface area contributed by atoms with E-state index in [-0.39, 0.29) is 30.2 Å². The molecule has 2 N–H and O–H groups in total. The van der Waals surface area contributed by atoms with Gasteiger partial charge in [-0.25, -0.2) is 0 Å². The van der Waals surface area contributed by atoms with E-state index in [1.165, 1.54) is 11.8 Å². The van der Waals surface area contributed by atoms with Gasteiger partial charge in [0.25, 0.3) is 0 Å². The lowest BCUT2D eigenvalue weighted by Crippen LogP contribution is -2.40. The number of carbonyl (C=O) groups excluding carboxylic acids is 2. The van der Waals surface area contributed by atoms with Gasteiger partial charge in [-0.3, -0.25) is 14.2 Å². The molecule has 0 aliphatic heterocycles. The molecule has 0 aliphatic rings. The number of hydrogen-bond acceptors (Lipinski definition) is 5. The van der Waals surface area contributed by atoms with Crippen LogP contribution in [-0.2, 0) is 9.59 Å². The predicted octanol–water partition coefficient (Wildman–Crippen LogP) is 2.67. The van der Waals surface area contributed by atoms with Crippen molar-refractivity contribution in [2.24, 2.45) is 0 Å². The monoisotopic (exact) mass is 409 g/mol. The zero-order chi connectivity index (χ0) is 20.6. The maximum Gasteiger partial charge on any atom is 0.239 e. The predicted molar refractivity (Wildman–Crippen MR) is 114 cm³/mol. The Balaban J connectivity index is 1.74. The van der Waals surface area contributed by atoms with E-state index in [2.05, 4.69) is 20.8 Å². The molecule has 0 aliphatic carbocycles. The fourth-order valence-corrected chi connectivity index (χ4v) is 3.46. The smallest absolute Gasteiger partial charge is 0.239 e. The fraction of sp³-hybridized carbons (Fsp3) is 0.238. The molecule has 0 bridgehead atoms. The quantitative estimate of drug-likeness (QED) is 0.559. The molecule has 29 heavy (non-hydrogen) atoms. The van der Waals surface area contributed by atoms with Gasteiger partial charge >= 0.3 is 0 Å². The SMILES string of the molecule is CC(C)NC(=O)CNC(=O)CSc1nnc(-c2ccccc2)n1-c1ccccc1. The molecule has 0 unspecified atom stereocenters. The summed E-state index contributed by atoms with van der Waals surface area (Å²) in [5.74, 6) is 0.389. The first-order valence-electron chi connectivity index (χ1n) is 9.29. The summed E-state index contributed by atoms with van der Waals surface area (Å²) in [5, 5.41) is 14.6. The summed E-state index contributed by atoms with van der Waals surface area (Å²) in [7, 11) is 0. The molecule has 0 radical (unpaired) electrons. The molecule has 0 saturated carbocycles. The van der Waals surface area contributed by atoms with Crippen LogP contribution in [0, 0.1) is 0 Å². The normalized spacial score (nSPS) is 10.7. The van der Waals surface area contributed by atoms with Crippen LogP contribution in [0.5, 0.6) is 0 Å². The summed E-state index contributed by atoms with van der Waals surface area (Å²) in [6, 6.07) is 19.6. The van der Waals surface area contributed by atoms with Crippen molar-refractivity contribution < 1.29 is 9.59 Å². The summed E-state index contributed by atoms with van der Waals surface area (Å²) < 4.78 is 1.93. The number of nitrogens with zero attached hydrogens (tertiary/aromatic N) is 3. The van der Waals surface area contributed by atoms with E-state index in [4.69, 9.17) is 0 Å². The van der Waals surface area contributed by atoms with Gasteiger partial charge in [-0.15, -0.1) is 10.2 Å². The lowest BCUT2D eigenvalue weighted by Gasteiger charge is -2.11. The molecule has 0 fully saturated rings. The molecule has 1 aromatic heterocycles. The summed E-state index contributed by atoms with van der Waals surface area (Å²) in [6.45, 7) is 3.70. The number of benzene rings is 2. The molecule has 8 heteroatoms. The topological polar surface area (TPSA) is 88.9 Å². The van der Waals surface area contributed by atoms with Crippen molar-refractivity contribution >= 4 is 23.6 Å². The molecule has 150 valence electrons. The summed E-state index contributed by atoms with van der Waals surface area (Å²) in [4.78, 5) is 23.8. The minimum absolute atomic E-state index is 0.0367. The van der Waals surface area contributed by atoms with Crippen molar-refractivity contribution in [3.05, 3.63) is 60.7 Å². The van der Waals surface area contributed by atoms with Crippen LogP contribution in [0.25, 0.3) is 17.1 Å². The molecule has 7 nitrogen and oxygen atoms in total. The van der Waals surface area contributed by atoms with Gasteiger partial charge in [-0.05, 0) is 26.0 Å². The molecular weight excluding hydrogens is 386 g/mol. The highest BCUT2D eigenvalue weighted by Gasteiger charge is 2.17. The number of nitrogens with one attached hydrogen (secondary N) is 2. The Labute approximate surface area is 173 Å². The van der Waals surface area contributed by atoms with Crippen molar-refractivity contribution in [2.75, 3.05) is 12.3 Å². The Kier molecular flexibility index (Phi) is 7.02. The molecule has 1 heterocycles. The van der Waals surface area contributed by atoms with E-state index < -0.39 is 0 Å². The van der Waals surface area contributed by atoms with Crippen molar-refractivity contribution in [3.8, 4) is 17.1 Å². The number of aromatic nitrogens is 3. The van der Waals surface area contributed by atoms with Gasteiger partial charge in [0.05, 0.1) is 12.3 Å². The van der Waals surface area contributed by atoms with Crippen molar-refractivity contribution in [1.82, 2.24) is 25.4 Å². The molecule has 3 rings (SSSR count). The van der Waals surface area contributed by atoms with E-state index >= 15 is 0 Å². The Bertz CT molecular complexity index is 958. The molecule has 3 aromatic rings. The second-order valence-electron chi connectivity index (χ2n) is 6.63. The van der Waals surface area contributed by atoms with E-state index in [1.807, 2.05) is 79.1 Å². The highest BCUT2D eigenvalue weighted by molar-refractivity contribution is 7.99. The molecule has 0 spiro atoms. The van der Waals surface area contributed by atoms with Crippen LogP contribution in [0.1, 0.15) is 13.8 Å². The minimum atomic E-state index is -0.238. The van der Waals surface area contributed by atoms with Crippen LogP contribution in [0.3, 0.4) is 0 Å². The number of hydrogen-bond donors (Lipinski definition) is 2. The van der Waals surface area contributed by atoms with E-state index in [9.17, 15) is 9.59 Å². The number of para-hydroxylation sites is 1. The third-order valence-corrected chi connectivity index (χ3v) is 4.84. The highest BCUT2D eigenvalue weighted by Crippen LogP contribution is 2.27. The van der Waals surface area contributed by atoms with Gasteiger partial charge in [0.2, 0.25) is 11.8 Å². The summed E-state index contributed by atoms with van der Waals surface area (Å²) in [6.07, 6.45) is 0. The van der Waals surface area contributed by atoms with Crippen LogP contribution < -0.4 is 10.6 Å².